The van der Waals surface area contributed by atoms with Gasteiger partial charge in [0, 0.05) is 5.56 Å². The van der Waals surface area contributed by atoms with Crippen LogP contribution in [0.25, 0.3) is 0 Å². The molecule has 0 amide bonds. The zero-order valence-corrected chi connectivity index (χ0v) is 9.10. The van der Waals surface area contributed by atoms with E-state index in [9.17, 15) is 15.0 Å². The van der Waals surface area contributed by atoms with Crippen molar-refractivity contribution in [1.82, 2.24) is 0 Å². The van der Waals surface area contributed by atoms with Crippen LogP contribution in [0.2, 0.25) is 0 Å². The van der Waals surface area contributed by atoms with Gasteiger partial charge >= 0.3 is 5.97 Å². The number of hydrogen-bond acceptors (Lipinski definition) is 4. The van der Waals surface area contributed by atoms with Gasteiger partial charge in [-0.2, -0.15) is 0 Å². The van der Waals surface area contributed by atoms with Gasteiger partial charge in [-0.15, -0.1) is 0 Å². The number of carbonyl (C=O) groups is 1. The molecule has 3 N–H and O–H groups in total. The van der Waals surface area contributed by atoms with E-state index in [1.807, 2.05) is 6.92 Å². The fraction of sp³-hybridized carbons (Fsp3) is 0.364. The lowest BCUT2D eigenvalue weighted by atomic mass is 10.0. The van der Waals surface area contributed by atoms with Crippen molar-refractivity contribution in [2.45, 2.75) is 19.4 Å². The zero-order chi connectivity index (χ0) is 12.3. The first-order chi connectivity index (χ1) is 7.51. The smallest absolute Gasteiger partial charge is 0.337 e. The molecule has 1 unspecified atom stereocenters. The second-order valence-electron chi connectivity index (χ2n) is 3.33. The van der Waals surface area contributed by atoms with Crippen molar-refractivity contribution in [3.05, 3.63) is 23.3 Å². The molecule has 5 nitrogen and oxygen atoms in total. The number of benzene rings is 1. The van der Waals surface area contributed by atoms with Gasteiger partial charge in [-0.1, -0.05) is 6.92 Å². The van der Waals surface area contributed by atoms with Gasteiger partial charge in [0.05, 0.1) is 7.11 Å². The number of aliphatic carboxylic acids is 1. The van der Waals surface area contributed by atoms with Gasteiger partial charge < -0.3 is 20.1 Å². The van der Waals surface area contributed by atoms with Crippen LogP contribution in [0.15, 0.2) is 12.1 Å². The Labute approximate surface area is 92.9 Å². The molecule has 0 bridgehead atoms. The van der Waals surface area contributed by atoms with E-state index >= 15 is 0 Å². The average molecular weight is 226 g/mol. The van der Waals surface area contributed by atoms with Crippen LogP contribution in [0.5, 0.6) is 11.5 Å². The number of aryl methyl sites for hydroxylation is 1. The lowest BCUT2D eigenvalue weighted by Crippen LogP contribution is -2.11. The van der Waals surface area contributed by atoms with Crippen molar-refractivity contribution in [2.75, 3.05) is 7.11 Å². The predicted octanol–water partition coefficient (Wildman–Crippen LogP) is 1.08. The molecule has 0 fully saturated rings. The second kappa shape index (κ2) is 4.85. The minimum atomic E-state index is -1.75. The Morgan fingerprint density at radius 2 is 2.12 bits per heavy atom. The van der Waals surface area contributed by atoms with Gasteiger partial charge in [0.15, 0.2) is 17.6 Å². The molecule has 0 heterocycles. The molecule has 88 valence electrons. The van der Waals surface area contributed by atoms with Crippen LogP contribution < -0.4 is 4.74 Å². The Kier molecular flexibility index (Phi) is 3.73. The fourth-order valence-corrected chi connectivity index (χ4v) is 1.39. The number of hydrogen-bond donors (Lipinski definition) is 3. The summed E-state index contributed by atoms with van der Waals surface area (Å²) in [6.45, 7) is 1.88. The van der Waals surface area contributed by atoms with E-state index in [1.54, 1.807) is 6.07 Å². The molecule has 0 aliphatic carbocycles. The Morgan fingerprint density at radius 1 is 1.50 bits per heavy atom. The first-order valence-corrected chi connectivity index (χ1v) is 4.81. The summed E-state index contributed by atoms with van der Waals surface area (Å²) in [5, 5.41) is 27.8. The van der Waals surface area contributed by atoms with Crippen LogP contribution in [0.1, 0.15) is 24.2 Å². The standard InChI is InChI=1S/C11H14O5/c1-3-6-4-7(10(13)11(14)15)9(12)8(5-6)16-2/h4-5,10,12-13H,3H2,1-2H3,(H,14,15). The van der Waals surface area contributed by atoms with Gasteiger partial charge in [-0.25, -0.2) is 4.79 Å². The maximum absolute atomic E-state index is 10.6. The summed E-state index contributed by atoms with van der Waals surface area (Å²) < 4.78 is 4.90. The molecule has 0 radical (unpaired) electrons. The largest absolute Gasteiger partial charge is 0.504 e. The minimum Gasteiger partial charge on any atom is -0.504 e. The molecule has 1 rings (SSSR count). The van der Waals surface area contributed by atoms with Gasteiger partial charge in [-0.3, -0.25) is 0 Å². The summed E-state index contributed by atoms with van der Waals surface area (Å²) >= 11 is 0. The molecule has 0 saturated heterocycles. The number of ether oxygens (including phenoxy) is 1. The molecule has 1 aromatic rings. The summed E-state index contributed by atoms with van der Waals surface area (Å²) in [5.41, 5.74) is 0.730. The van der Waals surface area contributed by atoms with Gasteiger partial charge in [0.25, 0.3) is 0 Å². The first kappa shape index (κ1) is 12.3. The number of carboxylic acid groups (broad SMARTS) is 1. The van der Waals surface area contributed by atoms with Crippen molar-refractivity contribution in [3.63, 3.8) is 0 Å². The molecule has 0 aliphatic heterocycles. The fourth-order valence-electron chi connectivity index (χ4n) is 1.39. The number of phenols is 1. The molecular weight excluding hydrogens is 212 g/mol. The van der Waals surface area contributed by atoms with E-state index in [1.165, 1.54) is 13.2 Å². The number of phenolic OH excluding ortho intramolecular Hbond substituents is 1. The Hall–Kier alpha value is -1.75. The molecular formula is C11H14O5. The summed E-state index contributed by atoms with van der Waals surface area (Å²) in [7, 11) is 1.37. The number of aliphatic hydroxyl groups excluding tert-OH is 1. The molecule has 1 atom stereocenters. The molecule has 5 heteroatoms. The summed E-state index contributed by atoms with van der Waals surface area (Å²) in [6.07, 6.45) is -1.10. The number of aliphatic hydroxyl groups is 1. The van der Waals surface area contributed by atoms with Crippen molar-refractivity contribution in [3.8, 4) is 11.5 Å². The van der Waals surface area contributed by atoms with Crippen molar-refractivity contribution < 1.29 is 24.9 Å². The van der Waals surface area contributed by atoms with Gasteiger partial charge in [0.1, 0.15) is 0 Å². The number of methoxy groups -OCH3 is 1. The van der Waals surface area contributed by atoms with Gasteiger partial charge in [-0.05, 0) is 24.1 Å². The third kappa shape index (κ3) is 2.25. The topological polar surface area (TPSA) is 87.0 Å². The maximum Gasteiger partial charge on any atom is 0.337 e. The van der Waals surface area contributed by atoms with E-state index in [-0.39, 0.29) is 17.1 Å². The van der Waals surface area contributed by atoms with Crippen LogP contribution in [-0.2, 0) is 11.2 Å². The van der Waals surface area contributed by atoms with Crippen LogP contribution in [-0.4, -0.2) is 28.4 Å². The Balaban J connectivity index is 3.31. The van der Waals surface area contributed by atoms with Crippen molar-refractivity contribution >= 4 is 5.97 Å². The third-order valence-corrected chi connectivity index (χ3v) is 2.32. The maximum atomic E-state index is 10.6. The molecule has 16 heavy (non-hydrogen) atoms. The van der Waals surface area contributed by atoms with E-state index in [4.69, 9.17) is 9.84 Å². The second-order valence-corrected chi connectivity index (χ2v) is 3.33. The highest BCUT2D eigenvalue weighted by Gasteiger charge is 2.22. The van der Waals surface area contributed by atoms with E-state index < -0.39 is 12.1 Å². The van der Waals surface area contributed by atoms with E-state index in [0.717, 1.165) is 5.56 Å². The number of carboxylic acids is 1. The highest BCUT2D eigenvalue weighted by molar-refractivity contribution is 5.76. The van der Waals surface area contributed by atoms with Crippen LogP contribution in [0.3, 0.4) is 0 Å². The monoisotopic (exact) mass is 226 g/mol. The first-order valence-electron chi connectivity index (χ1n) is 4.81. The van der Waals surface area contributed by atoms with Gasteiger partial charge in [0.2, 0.25) is 0 Å². The quantitative estimate of drug-likeness (QED) is 0.715. The van der Waals surface area contributed by atoms with E-state index in [2.05, 4.69) is 0 Å². The van der Waals surface area contributed by atoms with E-state index in [0.29, 0.717) is 6.42 Å². The third-order valence-electron chi connectivity index (χ3n) is 2.32. The lowest BCUT2D eigenvalue weighted by Gasteiger charge is -2.13. The van der Waals surface area contributed by atoms with Crippen LogP contribution >= 0.6 is 0 Å². The highest BCUT2D eigenvalue weighted by Crippen LogP contribution is 2.35. The zero-order valence-electron chi connectivity index (χ0n) is 9.10. The molecule has 0 aliphatic rings. The van der Waals surface area contributed by atoms with Crippen LogP contribution in [0.4, 0.5) is 0 Å². The number of rotatable bonds is 4. The Bertz CT molecular complexity index is 400. The summed E-state index contributed by atoms with van der Waals surface area (Å²) in [4.78, 5) is 10.6. The number of aromatic hydroxyl groups is 1. The van der Waals surface area contributed by atoms with Crippen molar-refractivity contribution in [1.29, 1.82) is 0 Å². The minimum absolute atomic E-state index is 0.0521. The SMILES string of the molecule is CCc1cc(OC)c(O)c(C(O)C(=O)O)c1. The normalized spacial score (nSPS) is 12.2. The predicted molar refractivity (Wildman–Crippen MR) is 56.6 cm³/mol. The van der Waals surface area contributed by atoms with Crippen LogP contribution in [0, 0.1) is 0 Å². The Morgan fingerprint density at radius 3 is 2.56 bits per heavy atom. The summed E-state index contributed by atoms with van der Waals surface area (Å²) in [6, 6.07) is 3.06. The molecule has 0 spiro atoms. The van der Waals surface area contributed by atoms with Crippen molar-refractivity contribution in [2.24, 2.45) is 0 Å². The molecule has 0 saturated carbocycles. The summed E-state index contributed by atoms with van der Waals surface area (Å²) in [5.74, 6) is -1.59. The highest BCUT2D eigenvalue weighted by atomic mass is 16.5. The average Bonchev–Trinajstić information content (AvgIpc) is 2.28. The lowest BCUT2D eigenvalue weighted by molar-refractivity contribution is -0.147. The molecule has 1 aromatic carbocycles. The molecule has 0 aromatic heterocycles.